The fraction of sp³-hybridized carbons (Fsp3) is 0.188. The highest BCUT2D eigenvalue weighted by Gasteiger charge is 2.13. The molecular formula is C16H16O2. The number of phenolic OH excluding ortho intramolecular Hbond substituents is 1. The third-order valence-corrected chi connectivity index (χ3v) is 3.07. The number of aromatic hydroxyl groups is 1. The topological polar surface area (TPSA) is 37.3 Å². The van der Waals surface area contributed by atoms with Crippen molar-refractivity contribution in [3.8, 4) is 16.9 Å². The molecule has 0 atom stereocenters. The van der Waals surface area contributed by atoms with Gasteiger partial charge in [-0.3, -0.25) is 4.79 Å². The minimum absolute atomic E-state index is 0.0288. The summed E-state index contributed by atoms with van der Waals surface area (Å²) in [6.07, 6.45) is 0.710. The van der Waals surface area contributed by atoms with Crippen LogP contribution in [0, 0.1) is 0 Å². The molecule has 0 saturated heterocycles. The van der Waals surface area contributed by atoms with E-state index in [0.29, 0.717) is 17.8 Å². The molecule has 2 nitrogen and oxygen atoms in total. The fourth-order valence-corrected chi connectivity index (χ4v) is 2.16. The Morgan fingerprint density at radius 2 is 1.67 bits per heavy atom. The van der Waals surface area contributed by atoms with Crippen LogP contribution in [0.4, 0.5) is 0 Å². The largest absolute Gasteiger partial charge is 0.507 e. The molecule has 2 rings (SSSR count). The van der Waals surface area contributed by atoms with E-state index in [1.807, 2.05) is 24.3 Å². The number of phenols is 1. The molecule has 18 heavy (non-hydrogen) atoms. The highest BCUT2D eigenvalue weighted by molar-refractivity contribution is 5.91. The number of hydrogen-bond acceptors (Lipinski definition) is 2. The zero-order chi connectivity index (χ0) is 13.1. The predicted molar refractivity (Wildman–Crippen MR) is 73.0 cm³/mol. The molecule has 2 aromatic rings. The lowest BCUT2D eigenvalue weighted by Crippen LogP contribution is -1.95. The second-order valence-electron chi connectivity index (χ2n) is 4.60. The average molecular weight is 240 g/mol. The first-order valence-electron chi connectivity index (χ1n) is 6.01. The van der Waals surface area contributed by atoms with Crippen molar-refractivity contribution >= 4 is 6.29 Å². The zero-order valence-electron chi connectivity index (χ0n) is 10.6. The summed E-state index contributed by atoms with van der Waals surface area (Å²) in [6, 6.07) is 13.1. The molecule has 0 bridgehead atoms. The van der Waals surface area contributed by atoms with Gasteiger partial charge >= 0.3 is 0 Å². The van der Waals surface area contributed by atoms with Gasteiger partial charge in [0.1, 0.15) is 5.75 Å². The van der Waals surface area contributed by atoms with Crippen LogP contribution in [0.25, 0.3) is 11.1 Å². The Morgan fingerprint density at radius 1 is 1.00 bits per heavy atom. The van der Waals surface area contributed by atoms with Crippen molar-refractivity contribution in [1.82, 2.24) is 0 Å². The lowest BCUT2D eigenvalue weighted by molar-refractivity contribution is 0.112. The van der Waals surface area contributed by atoms with Crippen LogP contribution in [0.15, 0.2) is 42.5 Å². The van der Waals surface area contributed by atoms with E-state index >= 15 is 0 Å². The first kappa shape index (κ1) is 12.4. The fourth-order valence-electron chi connectivity index (χ4n) is 2.16. The molecule has 1 N–H and O–H groups in total. The SMILES string of the molecule is CC(C)c1ccccc1-c1cccc(O)c1C=O. The van der Waals surface area contributed by atoms with Gasteiger partial charge in [0.15, 0.2) is 6.29 Å². The molecule has 0 amide bonds. The quantitative estimate of drug-likeness (QED) is 0.823. The Bertz CT molecular complexity index is 571. The van der Waals surface area contributed by atoms with Gasteiger partial charge in [-0.1, -0.05) is 50.2 Å². The molecule has 0 radical (unpaired) electrons. The van der Waals surface area contributed by atoms with Crippen molar-refractivity contribution in [1.29, 1.82) is 0 Å². The Morgan fingerprint density at radius 3 is 2.33 bits per heavy atom. The van der Waals surface area contributed by atoms with E-state index in [-0.39, 0.29) is 5.75 Å². The molecule has 0 spiro atoms. The molecule has 0 aliphatic heterocycles. The number of hydrogen-bond donors (Lipinski definition) is 1. The molecule has 2 aromatic carbocycles. The third kappa shape index (κ3) is 2.14. The van der Waals surface area contributed by atoms with Crippen LogP contribution in [0.5, 0.6) is 5.75 Å². The Hall–Kier alpha value is -2.09. The van der Waals surface area contributed by atoms with E-state index in [4.69, 9.17) is 0 Å². The Balaban J connectivity index is 2.69. The molecule has 0 aromatic heterocycles. The van der Waals surface area contributed by atoms with Crippen LogP contribution in [-0.4, -0.2) is 11.4 Å². The summed E-state index contributed by atoms with van der Waals surface area (Å²) in [4.78, 5) is 11.1. The van der Waals surface area contributed by atoms with Crippen molar-refractivity contribution in [2.24, 2.45) is 0 Å². The van der Waals surface area contributed by atoms with E-state index in [9.17, 15) is 9.90 Å². The monoisotopic (exact) mass is 240 g/mol. The summed E-state index contributed by atoms with van der Waals surface area (Å²) < 4.78 is 0. The molecule has 0 fully saturated rings. The summed E-state index contributed by atoms with van der Waals surface area (Å²) in [5.74, 6) is 0.393. The third-order valence-electron chi connectivity index (χ3n) is 3.07. The van der Waals surface area contributed by atoms with Crippen molar-refractivity contribution in [2.75, 3.05) is 0 Å². The maximum Gasteiger partial charge on any atom is 0.154 e. The number of carbonyl (C=O) groups is 1. The predicted octanol–water partition coefficient (Wildman–Crippen LogP) is 4.00. The van der Waals surface area contributed by atoms with Gasteiger partial charge in [-0.05, 0) is 28.7 Å². The van der Waals surface area contributed by atoms with E-state index in [1.165, 1.54) is 11.6 Å². The summed E-state index contributed by atoms with van der Waals surface area (Å²) in [5, 5.41) is 9.75. The maximum atomic E-state index is 11.1. The van der Waals surface area contributed by atoms with Gasteiger partial charge in [0.25, 0.3) is 0 Å². The second kappa shape index (κ2) is 5.05. The zero-order valence-corrected chi connectivity index (χ0v) is 10.6. The van der Waals surface area contributed by atoms with Crippen LogP contribution in [-0.2, 0) is 0 Å². The minimum Gasteiger partial charge on any atom is -0.507 e. The number of carbonyl (C=O) groups excluding carboxylic acids is 1. The van der Waals surface area contributed by atoms with Crippen LogP contribution in [0.2, 0.25) is 0 Å². The van der Waals surface area contributed by atoms with E-state index in [1.54, 1.807) is 6.07 Å². The molecule has 92 valence electrons. The van der Waals surface area contributed by atoms with E-state index < -0.39 is 0 Å². The lowest BCUT2D eigenvalue weighted by Gasteiger charge is -2.14. The van der Waals surface area contributed by atoms with Crippen LogP contribution >= 0.6 is 0 Å². The highest BCUT2D eigenvalue weighted by Crippen LogP contribution is 2.33. The number of aldehydes is 1. The summed E-state index contributed by atoms with van der Waals surface area (Å²) in [5.41, 5.74) is 3.32. The Labute approximate surface area is 107 Å². The molecule has 0 unspecified atom stereocenters. The van der Waals surface area contributed by atoms with Crippen LogP contribution in [0.1, 0.15) is 35.7 Å². The molecule has 2 heteroatoms. The normalized spacial score (nSPS) is 10.6. The van der Waals surface area contributed by atoms with E-state index in [2.05, 4.69) is 19.9 Å². The molecule has 0 aliphatic carbocycles. The summed E-state index contributed by atoms with van der Waals surface area (Å²) in [6.45, 7) is 4.23. The van der Waals surface area contributed by atoms with Gasteiger partial charge in [-0.25, -0.2) is 0 Å². The van der Waals surface area contributed by atoms with Crippen LogP contribution in [0.3, 0.4) is 0 Å². The standard InChI is InChI=1S/C16H16O2/c1-11(2)12-6-3-4-7-13(12)14-8-5-9-16(18)15(14)10-17/h3-11,18H,1-2H3. The van der Waals surface area contributed by atoms with Gasteiger partial charge in [0, 0.05) is 0 Å². The average Bonchev–Trinajstić information content (AvgIpc) is 2.38. The van der Waals surface area contributed by atoms with Crippen molar-refractivity contribution in [3.05, 3.63) is 53.6 Å². The minimum atomic E-state index is 0.0288. The first-order valence-corrected chi connectivity index (χ1v) is 6.01. The Kier molecular flexibility index (Phi) is 3.47. The van der Waals surface area contributed by atoms with Crippen molar-refractivity contribution in [3.63, 3.8) is 0 Å². The van der Waals surface area contributed by atoms with Gasteiger partial charge in [0.05, 0.1) is 5.56 Å². The van der Waals surface area contributed by atoms with Crippen LogP contribution < -0.4 is 0 Å². The van der Waals surface area contributed by atoms with Gasteiger partial charge in [-0.2, -0.15) is 0 Å². The smallest absolute Gasteiger partial charge is 0.154 e. The second-order valence-corrected chi connectivity index (χ2v) is 4.60. The van der Waals surface area contributed by atoms with Crippen molar-refractivity contribution < 1.29 is 9.90 Å². The van der Waals surface area contributed by atoms with Gasteiger partial charge in [-0.15, -0.1) is 0 Å². The maximum absolute atomic E-state index is 11.1. The molecule has 0 heterocycles. The number of benzene rings is 2. The highest BCUT2D eigenvalue weighted by atomic mass is 16.3. The number of rotatable bonds is 3. The first-order chi connectivity index (χ1) is 8.65. The lowest BCUT2D eigenvalue weighted by atomic mass is 9.90. The molecule has 0 aliphatic rings. The van der Waals surface area contributed by atoms with E-state index in [0.717, 1.165) is 11.1 Å². The van der Waals surface area contributed by atoms with Gasteiger partial charge < -0.3 is 5.11 Å². The summed E-state index contributed by atoms with van der Waals surface area (Å²) >= 11 is 0. The molecular weight excluding hydrogens is 224 g/mol. The molecule has 0 saturated carbocycles. The summed E-state index contributed by atoms with van der Waals surface area (Å²) in [7, 11) is 0. The van der Waals surface area contributed by atoms with Gasteiger partial charge in [0.2, 0.25) is 0 Å². The van der Waals surface area contributed by atoms with Crippen molar-refractivity contribution in [2.45, 2.75) is 19.8 Å².